The Morgan fingerprint density at radius 2 is 1.05 bits per heavy atom. The molecule has 0 saturated heterocycles. The number of anilines is 6. The molecule has 0 bridgehead atoms. The molecule has 0 atom stereocenters. The summed E-state index contributed by atoms with van der Waals surface area (Å²) in [5.74, 6) is 2.44. The normalized spacial score (nSPS) is 15.5. The number of aromatic nitrogens is 13. The zero-order chi connectivity index (χ0) is 77.1. The molecule has 0 radical (unpaired) electrons. The topological polar surface area (TPSA) is 377 Å². The molecule has 1 amide bonds. The average Bonchev–Trinajstić information content (AvgIpc) is 1.55. The van der Waals surface area contributed by atoms with Crippen molar-refractivity contribution >= 4 is 94.2 Å². The van der Waals surface area contributed by atoms with E-state index in [0.717, 1.165) is 152 Å². The lowest BCUT2D eigenvalue weighted by Gasteiger charge is -2.31. The third kappa shape index (κ3) is 18.9. The van der Waals surface area contributed by atoms with E-state index in [1.54, 1.807) is 61.1 Å². The number of carbonyl (C=O) groups is 1. The monoisotopic (exact) mass is 1660 g/mol. The van der Waals surface area contributed by atoms with Gasteiger partial charge in [-0.15, -0.1) is 0 Å². The van der Waals surface area contributed by atoms with Crippen LogP contribution in [0.3, 0.4) is 0 Å². The first-order valence-electron chi connectivity index (χ1n) is 35.5. The Morgan fingerprint density at radius 1 is 0.574 bits per heavy atom. The third-order valence-corrected chi connectivity index (χ3v) is 20.8. The molecule has 14 heterocycles. The largest absolute Gasteiger partial charge is 0.390 e. The van der Waals surface area contributed by atoms with Crippen molar-refractivity contribution in [1.82, 2.24) is 82.0 Å². The van der Waals surface area contributed by atoms with E-state index in [2.05, 4.69) is 149 Å². The molecular weight excluding hydrogens is 1580 g/mol. The fraction of sp³-hybridized carbons (Fsp3) is 0.438. The number of nitrogen functional groups attached to an aromatic ring is 1. The SMILES string of the molecule is CCc1c(-c2cc(Nc3cc4n(n3)CCN(CCC#N)C4)c(=O)n(C)c2)ccnc1N1CCn2c(cc3c2CC(C)(C)C3)C1=O.Cn1cc(Br)cc(Br)c1=O.Cn1cc(Br)cc(Nc2cc3n(n2)CCN(CCC#N)C3)c1=O.N#CCCN1CCn2nc(N)cc2C1.N#CCCN1CCn2nc([N+](=O)[O-])cc2C1. The summed E-state index contributed by atoms with van der Waals surface area (Å²) in [4.78, 5) is 75.8. The molecule has 5 aliphatic heterocycles. The predicted molar refractivity (Wildman–Crippen MR) is 417 cm³/mol. The maximum Gasteiger partial charge on any atom is 0.390 e. The highest BCUT2D eigenvalue weighted by molar-refractivity contribution is 9.11. The van der Waals surface area contributed by atoms with Crippen LogP contribution < -0.4 is 37.9 Å². The summed E-state index contributed by atoms with van der Waals surface area (Å²) >= 11 is 9.78. The van der Waals surface area contributed by atoms with Gasteiger partial charge in [-0.25, -0.2) is 4.98 Å². The maximum absolute atomic E-state index is 13.9. The van der Waals surface area contributed by atoms with Crippen molar-refractivity contribution in [3.8, 4) is 35.4 Å². The number of halogens is 3. The van der Waals surface area contributed by atoms with Crippen molar-refractivity contribution in [1.29, 1.82) is 21.0 Å². The van der Waals surface area contributed by atoms with Crippen molar-refractivity contribution in [2.75, 3.05) is 80.2 Å². The predicted octanol–water partition coefficient (Wildman–Crippen LogP) is 8.71. The van der Waals surface area contributed by atoms with Crippen LogP contribution in [0.1, 0.15) is 96.5 Å². The van der Waals surface area contributed by atoms with Gasteiger partial charge in [0.05, 0.1) is 88.9 Å². The Kier molecular flexibility index (Phi) is 25.6. The van der Waals surface area contributed by atoms with Gasteiger partial charge in [-0.05, 0) is 119 Å². The van der Waals surface area contributed by atoms with Crippen molar-refractivity contribution in [3.63, 3.8) is 0 Å². The molecule has 564 valence electrons. The molecule has 9 aromatic heterocycles. The number of fused-ring (bicyclic) bond motifs is 7. The van der Waals surface area contributed by atoms with Gasteiger partial charge in [-0.1, -0.05) is 20.8 Å². The molecular formula is C73H85Br3N26O6. The molecule has 0 aromatic carbocycles. The summed E-state index contributed by atoms with van der Waals surface area (Å²) in [6.07, 6.45) is 11.8. The average molecular weight is 1660 g/mol. The number of carbonyl (C=O) groups excluding carboxylic acids is 1. The first kappa shape index (κ1) is 78.7. The van der Waals surface area contributed by atoms with E-state index in [9.17, 15) is 29.3 Å². The minimum Gasteiger partial charge on any atom is -0.382 e. The number of aryl methyl sites for hydroxylation is 3. The van der Waals surface area contributed by atoms with E-state index < -0.39 is 4.92 Å². The van der Waals surface area contributed by atoms with Crippen LogP contribution in [0.15, 0.2) is 107 Å². The second-order valence-electron chi connectivity index (χ2n) is 27.8. The highest BCUT2D eigenvalue weighted by Gasteiger charge is 2.38. The number of nitro groups is 1. The molecule has 4 N–H and O–H groups in total. The summed E-state index contributed by atoms with van der Waals surface area (Å²) in [6.45, 7) is 20.5. The zero-order valence-corrected chi connectivity index (χ0v) is 65.9. The lowest BCUT2D eigenvalue weighted by Crippen LogP contribution is -2.41. The Hall–Kier alpha value is -10.4. The first-order valence-corrected chi connectivity index (χ1v) is 37.9. The van der Waals surface area contributed by atoms with Gasteiger partial charge in [-0.3, -0.25) is 57.7 Å². The number of nitrogens with one attached hydrogen (secondary N) is 2. The first-order chi connectivity index (χ1) is 51.8. The van der Waals surface area contributed by atoms with Crippen LogP contribution in [0.5, 0.6) is 0 Å². The molecule has 9 aromatic rings. The molecule has 0 fully saturated rings. The summed E-state index contributed by atoms with van der Waals surface area (Å²) in [7, 11) is 5.17. The Morgan fingerprint density at radius 3 is 1.56 bits per heavy atom. The molecule has 6 aliphatic rings. The van der Waals surface area contributed by atoms with Crippen LogP contribution in [0.2, 0.25) is 0 Å². The second kappa shape index (κ2) is 35.1. The van der Waals surface area contributed by atoms with E-state index >= 15 is 0 Å². The fourth-order valence-electron chi connectivity index (χ4n) is 14.2. The van der Waals surface area contributed by atoms with Crippen LogP contribution in [0.4, 0.5) is 40.5 Å². The Balaban J connectivity index is 0.000000152. The van der Waals surface area contributed by atoms with E-state index in [4.69, 9.17) is 36.9 Å². The minimum atomic E-state index is -0.481. The highest BCUT2D eigenvalue weighted by atomic mass is 79.9. The third-order valence-electron chi connectivity index (χ3n) is 19.4. The summed E-state index contributed by atoms with van der Waals surface area (Å²) < 4.78 is 16.7. The molecule has 108 heavy (non-hydrogen) atoms. The maximum atomic E-state index is 13.9. The van der Waals surface area contributed by atoms with Gasteiger partial charge in [0.25, 0.3) is 22.6 Å². The van der Waals surface area contributed by atoms with Crippen molar-refractivity contribution in [2.45, 2.75) is 125 Å². The van der Waals surface area contributed by atoms with Crippen LogP contribution in [-0.2, 0) is 99.3 Å². The molecule has 1 aliphatic carbocycles. The zero-order valence-electron chi connectivity index (χ0n) is 61.1. The van der Waals surface area contributed by atoms with E-state index in [1.807, 2.05) is 55.5 Å². The fourth-order valence-corrected chi connectivity index (χ4v) is 16.1. The van der Waals surface area contributed by atoms with Crippen molar-refractivity contribution < 1.29 is 9.72 Å². The number of amides is 1. The molecule has 35 heteroatoms. The number of hydrogen-bond donors (Lipinski definition) is 3. The minimum absolute atomic E-state index is 0.00874. The second-order valence-corrected chi connectivity index (χ2v) is 30.5. The number of nitriles is 4. The molecule has 0 saturated carbocycles. The van der Waals surface area contributed by atoms with Gasteiger partial charge < -0.3 is 44.7 Å². The number of nitrogens with two attached hydrogens (primary N) is 1. The number of rotatable bonds is 16. The van der Waals surface area contributed by atoms with Crippen LogP contribution in [0, 0.1) is 60.9 Å². The number of nitrogens with zero attached hydrogens (tertiary/aromatic N) is 23. The Labute approximate surface area is 648 Å². The van der Waals surface area contributed by atoms with E-state index in [0.29, 0.717) is 104 Å². The highest BCUT2D eigenvalue weighted by Crippen LogP contribution is 2.41. The van der Waals surface area contributed by atoms with Gasteiger partial charge in [0, 0.05) is 207 Å². The lowest BCUT2D eigenvalue weighted by molar-refractivity contribution is -0.389. The van der Waals surface area contributed by atoms with Crippen LogP contribution >= 0.6 is 47.8 Å². The number of hydrogen-bond acceptors (Lipinski definition) is 22. The quantitative estimate of drug-likeness (QED) is 0.0601. The van der Waals surface area contributed by atoms with Gasteiger partial charge in [0.15, 0.2) is 11.6 Å². The van der Waals surface area contributed by atoms with Crippen LogP contribution in [0.25, 0.3) is 11.1 Å². The van der Waals surface area contributed by atoms with Gasteiger partial charge in [0.1, 0.15) is 28.7 Å². The summed E-state index contributed by atoms with van der Waals surface area (Å²) in [6, 6.07) is 25.4. The summed E-state index contributed by atoms with van der Waals surface area (Å²) in [5, 5.41) is 68.8. The molecule has 0 spiro atoms. The summed E-state index contributed by atoms with van der Waals surface area (Å²) in [5.41, 5.74) is 16.7. The van der Waals surface area contributed by atoms with E-state index in [1.165, 1.54) is 26.5 Å². The van der Waals surface area contributed by atoms with Crippen LogP contribution in [-0.4, -0.2) is 152 Å². The van der Waals surface area contributed by atoms with E-state index in [-0.39, 0.29) is 33.8 Å². The molecule has 0 unspecified atom stereocenters. The number of pyridine rings is 4. The Bertz CT molecular complexity index is 5160. The van der Waals surface area contributed by atoms with Gasteiger partial charge in [0.2, 0.25) is 0 Å². The standard InChI is InChI=1S/C34H39N9O2.C15H17BrN6O.C9H11N5O2.C9H13N5.C6H5Br2NO/c1-5-25-26(7-9-36-31(25)42-13-12-41-28(33(42)45)16-22-18-34(2,3)19-29(22)41)23-15-27(32(44)39(4)20-23)37-30-17-24-21-40(10-6-8-35)11-14-43(24)38-30;1-20-9-11(16)7-13(15(20)23)18-14-8-12-10-21(4-2-3-17)5-6-22(12)19-14;10-2-1-3-12-4-5-13-8(7-12)6-9(11-13)14(15)16;10-2-1-3-13-4-5-14-8(7-13)6-9(11)12-14;1-9-3-4(7)2-5(8)6(9)10/h7,9,15-17,20H,5-6,10-14,18-19,21H2,1-4H3,(H,37,38);7-9H,2,4-6,10H2,1H3,(H,18,19);6H,1,3-5,7H2;6H,1,3-5,7H2,(H2,11,12);2-3H,1H3. The van der Waals surface area contributed by atoms with Gasteiger partial charge >= 0.3 is 5.82 Å². The lowest BCUT2D eigenvalue weighted by atomic mass is 9.90. The van der Waals surface area contributed by atoms with Crippen molar-refractivity contribution in [3.05, 3.63) is 179 Å². The molecule has 32 nitrogen and oxygen atoms in total. The van der Waals surface area contributed by atoms with Gasteiger partial charge in [-0.2, -0.15) is 41.0 Å². The smallest absolute Gasteiger partial charge is 0.382 e. The van der Waals surface area contributed by atoms with Crippen molar-refractivity contribution in [2.24, 2.45) is 26.6 Å². The molecule has 15 rings (SSSR count).